The number of halogens is 1. The fourth-order valence-corrected chi connectivity index (χ4v) is 3.61. The van der Waals surface area contributed by atoms with Crippen molar-refractivity contribution < 1.29 is 17.6 Å². The summed E-state index contributed by atoms with van der Waals surface area (Å²) in [5.41, 5.74) is 0.578. The van der Waals surface area contributed by atoms with Gasteiger partial charge in [0.25, 0.3) is 0 Å². The minimum absolute atomic E-state index is 0.00740. The number of carbonyl (C=O) groups excluding carboxylic acids is 1. The Labute approximate surface area is 111 Å². The first-order valence-electron chi connectivity index (χ1n) is 5.89. The molecule has 4 nitrogen and oxygen atoms in total. The van der Waals surface area contributed by atoms with E-state index in [1.807, 2.05) is 0 Å². The minimum Gasteiger partial charge on any atom is -0.349 e. The van der Waals surface area contributed by atoms with Crippen LogP contribution in [0.25, 0.3) is 6.08 Å². The van der Waals surface area contributed by atoms with Gasteiger partial charge in [0.2, 0.25) is 5.91 Å². The number of sulfone groups is 1. The molecule has 0 aliphatic carbocycles. The van der Waals surface area contributed by atoms with Crippen LogP contribution in [0.4, 0.5) is 4.39 Å². The zero-order valence-corrected chi connectivity index (χ0v) is 11.0. The second-order valence-corrected chi connectivity index (χ2v) is 6.73. The first kappa shape index (κ1) is 13.7. The summed E-state index contributed by atoms with van der Waals surface area (Å²) < 4.78 is 35.4. The van der Waals surface area contributed by atoms with E-state index in [0.717, 1.165) is 0 Å². The number of carbonyl (C=O) groups is 1. The van der Waals surface area contributed by atoms with Crippen molar-refractivity contribution in [2.45, 2.75) is 12.5 Å². The van der Waals surface area contributed by atoms with Crippen molar-refractivity contribution in [2.24, 2.45) is 0 Å². The molecule has 0 bridgehead atoms. The van der Waals surface area contributed by atoms with E-state index in [4.69, 9.17) is 0 Å². The van der Waals surface area contributed by atoms with Crippen molar-refractivity contribution >= 4 is 21.8 Å². The van der Waals surface area contributed by atoms with Crippen LogP contribution >= 0.6 is 0 Å². The smallest absolute Gasteiger partial charge is 0.244 e. The van der Waals surface area contributed by atoms with Gasteiger partial charge in [0.05, 0.1) is 11.5 Å². The third-order valence-electron chi connectivity index (χ3n) is 2.85. The number of hydrogen-bond acceptors (Lipinski definition) is 3. The molecule has 1 fully saturated rings. The van der Waals surface area contributed by atoms with Crippen LogP contribution in [0.15, 0.2) is 30.3 Å². The second kappa shape index (κ2) is 5.52. The number of rotatable bonds is 3. The Hall–Kier alpha value is -1.69. The van der Waals surface area contributed by atoms with Gasteiger partial charge in [0, 0.05) is 12.1 Å². The van der Waals surface area contributed by atoms with Crippen LogP contribution in [0.1, 0.15) is 12.0 Å². The fraction of sp³-hybridized carbons (Fsp3) is 0.308. The van der Waals surface area contributed by atoms with Gasteiger partial charge in [0.1, 0.15) is 5.82 Å². The Balaban J connectivity index is 1.91. The van der Waals surface area contributed by atoms with Crippen LogP contribution in [0.3, 0.4) is 0 Å². The molecule has 1 aliphatic rings. The molecule has 0 saturated carbocycles. The average molecular weight is 283 g/mol. The van der Waals surface area contributed by atoms with Gasteiger partial charge in [-0.3, -0.25) is 4.79 Å². The standard InChI is InChI=1S/C13H14FNO3S/c14-11-3-1-2-10(8-11)4-5-13(16)15-12-6-7-19(17,18)9-12/h1-5,8,12H,6-7,9H2,(H,15,16)/b5-4+/t12-/m1/s1. The molecule has 1 heterocycles. The SMILES string of the molecule is O=C(/C=C/c1cccc(F)c1)N[C@@H]1CCS(=O)(=O)C1. The highest BCUT2D eigenvalue weighted by Crippen LogP contribution is 2.11. The lowest BCUT2D eigenvalue weighted by molar-refractivity contribution is -0.116. The third kappa shape index (κ3) is 4.17. The molecular weight excluding hydrogens is 269 g/mol. The molecular formula is C13H14FNO3S. The maximum absolute atomic E-state index is 12.9. The Kier molecular flexibility index (Phi) is 3.99. The molecule has 2 rings (SSSR count). The van der Waals surface area contributed by atoms with Gasteiger partial charge < -0.3 is 5.32 Å². The van der Waals surface area contributed by atoms with Crippen LogP contribution in [0.5, 0.6) is 0 Å². The fourth-order valence-electron chi connectivity index (χ4n) is 1.94. The summed E-state index contributed by atoms with van der Waals surface area (Å²) in [4.78, 5) is 11.6. The summed E-state index contributed by atoms with van der Waals surface area (Å²) >= 11 is 0. The van der Waals surface area contributed by atoms with Crippen LogP contribution in [0, 0.1) is 5.82 Å². The molecule has 1 aliphatic heterocycles. The molecule has 1 amide bonds. The van der Waals surface area contributed by atoms with Crippen molar-refractivity contribution in [1.29, 1.82) is 0 Å². The summed E-state index contributed by atoms with van der Waals surface area (Å²) in [6.45, 7) is 0. The summed E-state index contributed by atoms with van der Waals surface area (Å²) in [6.07, 6.45) is 3.21. The lowest BCUT2D eigenvalue weighted by Gasteiger charge is -2.07. The van der Waals surface area contributed by atoms with Gasteiger partial charge in [-0.25, -0.2) is 12.8 Å². The molecule has 102 valence electrons. The van der Waals surface area contributed by atoms with Crippen LogP contribution < -0.4 is 5.32 Å². The van der Waals surface area contributed by atoms with Gasteiger partial charge >= 0.3 is 0 Å². The molecule has 0 unspecified atom stereocenters. The molecule has 0 radical (unpaired) electrons. The van der Waals surface area contributed by atoms with Crippen LogP contribution in [-0.2, 0) is 14.6 Å². The first-order valence-corrected chi connectivity index (χ1v) is 7.71. The van der Waals surface area contributed by atoms with E-state index in [-0.39, 0.29) is 29.3 Å². The zero-order valence-electron chi connectivity index (χ0n) is 10.2. The molecule has 0 spiro atoms. The number of nitrogens with one attached hydrogen (secondary N) is 1. The monoisotopic (exact) mass is 283 g/mol. The molecule has 0 aromatic heterocycles. The average Bonchev–Trinajstić information content (AvgIpc) is 2.66. The number of hydrogen-bond donors (Lipinski definition) is 1. The largest absolute Gasteiger partial charge is 0.349 e. The number of amides is 1. The lowest BCUT2D eigenvalue weighted by atomic mass is 10.2. The Morgan fingerprint density at radius 2 is 2.21 bits per heavy atom. The first-order chi connectivity index (χ1) is 8.94. The summed E-state index contributed by atoms with van der Waals surface area (Å²) in [5.74, 6) is -0.631. The van der Waals surface area contributed by atoms with Gasteiger partial charge in [-0.05, 0) is 30.2 Å². The van der Waals surface area contributed by atoms with Gasteiger partial charge in [-0.1, -0.05) is 12.1 Å². The van der Waals surface area contributed by atoms with Gasteiger partial charge in [-0.2, -0.15) is 0 Å². The molecule has 1 aromatic rings. The number of benzene rings is 1. The van der Waals surface area contributed by atoms with E-state index < -0.39 is 9.84 Å². The molecule has 1 saturated heterocycles. The van der Waals surface area contributed by atoms with E-state index in [1.54, 1.807) is 12.1 Å². The van der Waals surface area contributed by atoms with Crippen molar-refractivity contribution in [2.75, 3.05) is 11.5 Å². The molecule has 1 N–H and O–H groups in total. The van der Waals surface area contributed by atoms with E-state index >= 15 is 0 Å². The maximum Gasteiger partial charge on any atom is 0.244 e. The van der Waals surface area contributed by atoms with E-state index in [0.29, 0.717) is 12.0 Å². The highest BCUT2D eigenvalue weighted by atomic mass is 32.2. The van der Waals surface area contributed by atoms with Crippen molar-refractivity contribution in [1.82, 2.24) is 5.32 Å². The maximum atomic E-state index is 12.9. The molecule has 1 atom stereocenters. The topological polar surface area (TPSA) is 63.2 Å². The third-order valence-corrected chi connectivity index (χ3v) is 4.62. The van der Waals surface area contributed by atoms with E-state index in [2.05, 4.69) is 5.32 Å². The molecule has 19 heavy (non-hydrogen) atoms. The van der Waals surface area contributed by atoms with Crippen molar-refractivity contribution in [3.63, 3.8) is 0 Å². The minimum atomic E-state index is -3.00. The summed E-state index contributed by atoms with van der Waals surface area (Å²) in [6, 6.07) is 5.53. The van der Waals surface area contributed by atoms with Gasteiger partial charge in [-0.15, -0.1) is 0 Å². The zero-order chi connectivity index (χ0) is 13.9. The van der Waals surface area contributed by atoms with Crippen LogP contribution in [-0.4, -0.2) is 31.9 Å². The second-order valence-electron chi connectivity index (χ2n) is 4.50. The van der Waals surface area contributed by atoms with Crippen molar-refractivity contribution in [3.8, 4) is 0 Å². The predicted molar refractivity (Wildman–Crippen MR) is 70.6 cm³/mol. The normalized spacial score (nSPS) is 21.6. The quantitative estimate of drug-likeness (QED) is 0.846. The lowest BCUT2D eigenvalue weighted by Crippen LogP contribution is -2.34. The summed E-state index contributed by atoms with van der Waals surface area (Å²) in [5, 5.41) is 2.62. The van der Waals surface area contributed by atoms with E-state index in [1.165, 1.54) is 24.3 Å². The van der Waals surface area contributed by atoms with E-state index in [9.17, 15) is 17.6 Å². The van der Waals surface area contributed by atoms with Gasteiger partial charge in [0.15, 0.2) is 9.84 Å². The Morgan fingerprint density at radius 1 is 1.42 bits per heavy atom. The van der Waals surface area contributed by atoms with Crippen LogP contribution in [0.2, 0.25) is 0 Å². The Morgan fingerprint density at radius 3 is 2.84 bits per heavy atom. The highest BCUT2D eigenvalue weighted by Gasteiger charge is 2.28. The molecule has 6 heteroatoms. The predicted octanol–water partition coefficient (Wildman–Crippen LogP) is 1.14. The van der Waals surface area contributed by atoms with Crippen molar-refractivity contribution in [3.05, 3.63) is 41.7 Å². The Bertz CT molecular complexity index is 610. The molecule has 1 aromatic carbocycles. The highest BCUT2D eigenvalue weighted by molar-refractivity contribution is 7.91. The summed E-state index contributed by atoms with van der Waals surface area (Å²) in [7, 11) is -3.00.